The van der Waals surface area contributed by atoms with Crippen molar-refractivity contribution in [2.45, 2.75) is 32.8 Å². The summed E-state index contributed by atoms with van der Waals surface area (Å²) in [5, 5.41) is 6.75. The van der Waals surface area contributed by atoms with Crippen LogP contribution in [0.15, 0.2) is 29.3 Å². The second-order valence-corrected chi connectivity index (χ2v) is 7.61. The number of ether oxygens (including phenoxy) is 2. The first kappa shape index (κ1) is 26.8. The maximum absolute atomic E-state index is 5.95. The molecule has 1 heterocycles. The molecule has 7 nitrogen and oxygen atoms in total. The molecule has 2 N–H and O–H groups in total. The molecule has 0 amide bonds. The summed E-state index contributed by atoms with van der Waals surface area (Å²) in [6, 6.07) is 7.67. The lowest BCUT2D eigenvalue weighted by Gasteiger charge is -2.32. The molecule has 0 bridgehead atoms. The number of likely N-dealkylation sites (N-methyl/N-ethyl adjacent to an activating group) is 1. The molecular formula is C22H40IN5O2. The number of piperazine rings is 1. The second kappa shape index (κ2) is 15.5. The quantitative estimate of drug-likeness (QED) is 0.198. The summed E-state index contributed by atoms with van der Waals surface area (Å²) in [5.41, 5.74) is 0. The van der Waals surface area contributed by atoms with Gasteiger partial charge >= 0.3 is 0 Å². The number of rotatable bonds is 11. The first-order valence-electron chi connectivity index (χ1n) is 10.8. The van der Waals surface area contributed by atoms with Gasteiger partial charge in [0.2, 0.25) is 0 Å². The van der Waals surface area contributed by atoms with Gasteiger partial charge in [-0.25, -0.2) is 4.99 Å². The number of unbranched alkanes of at least 4 members (excludes halogenated alkanes) is 1. The summed E-state index contributed by atoms with van der Waals surface area (Å²) in [4.78, 5) is 9.64. The first-order valence-corrected chi connectivity index (χ1v) is 10.8. The monoisotopic (exact) mass is 533 g/mol. The molecule has 172 valence electrons. The third kappa shape index (κ3) is 10.7. The number of nitrogens with one attached hydrogen (secondary N) is 2. The molecule has 1 aromatic rings. The molecule has 8 heteroatoms. The normalized spacial score (nSPS) is 16.5. The van der Waals surface area contributed by atoms with E-state index in [1.807, 2.05) is 31.2 Å². The van der Waals surface area contributed by atoms with E-state index in [0.29, 0.717) is 6.54 Å². The smallest absolute Gasteiger partial charge is 0.191 e. The topological polar surface area (TPSA) is 61.4 Å². The largest absolute Gasteiger partial charge is 0.497 e. The summed E-state index contributed by atoms with van der Waals surface area (Å²) in [6.45, 7) is 12.4. The summed E-state index contributed by atoms with van der Waals surface area (Å²) in [5.74, 6) is 2.45. The molecule has 1 saturated heterocycles. The predicted molar refractivity (Wildman–Crippen MR) is 136 cm³/mol. The second-order valence-electron chi connectivity index (χ2n) is 7.61. The Labute approximate surface area is 199 Å². The number of benzene rings is 1. The number of hydrogen-bond acceptors (Lipinski definition) is 5. The van der Waals surface area contributed by atoms with Crippen molar-refractivity contribution in [2.75, 3.05) is 66.5 Å². The van der Waals surface area contributed by atoms with Crippen LogP contribution < -0.4 is 20.1 Å². The van der Waals surface area contributed by atoms with Gasteiger partial charge in [0.25, 0.3) is 0 Å². The number of nitrogens with zero attached hydrogens (tertiary/aromatic N) is 3. The van der Waals surface area contributed by atoms with Gasteiger partial charge in [-0.1, -0.05) is 6.07 Å². The fourth-order valence-electron chi connectivity index (χ4n) is 3.24. The van der Waals surface area contributed by atoms with Gasteiger partial charge < -0.3 is 29.9 Å². The Morgan fingerprint density at radius 3 is 2.57 bits per heavy atom. The van der Waals surface area contributed by atoms with Gasteiger partial charge in [-0.3, -0.25) is 0 Å². The van der Waals surface area contributed by atoms with Crippen LogP contribution in [-0.4, -0.2) is 88.4 Å². The highest BCUT2D eigenvalue weighted by molar-refractivity contribution is 14.0. The zero-order valence-corrected chi connectivity index (χ0v) is 21.4. The number of hydrogen-bond donors (Lipinski definition) is 2. The van der Waals surface area contributed by atoms with Crippen molar-refractivity contribution in [3.05, 3.63) is 24.3 Å². The van der Waals surface area contributed by atoms with E-state index in [1.165, 1.54) is 39.1 Å². The lowest BCUT2D eigenvalue weighted by molar-refractivity contribution is 0.152. The molecule has 1 atom stereocenters. The lowest BCUT2D eigenvalue weighted by Crippen LogP contribution is -2.44. The molecule has 30 heavy (non-hydrogen) atoms. The van der Waals surface area contributed by atoms with Crippen LogP contribution in [-0.2, 0) is 0 Å². The summed E-state index contributed by atoms with van der Waals surface area (Å²) in [7, 11) is 3.86. The SMILES string of the molecule is CCNC(=NCC(C)Oc1cccc(OC)c1)NCCCCN1CCN(C)CC1.I. The Bertz CT molecular complexity index is 609. The van der Waals surface area contributed by atoms with Gasteiger partial charge in [-0.05, 0) is 52.4 Å². The number of methoxy groups -OCH3 is 1. The fourth-order valence-corrected chi connectivity index (χ4v) is 3.24. The average molecular weight is 533 g/mol. The Morgan fingerprint density at radius 1 is 1.13 bits per heavy atom. The predicted octanol–water partition coefficient (Wildman–Crippen LogP) is 2.66. The van der Waals surface area contributed by atoms with Crippen LogP contribution in [0.1, 0.15) is 26.7 Å². The van der Waals surface area contributed by atoms with E-state index in [-0.39, 0.29) is 30.1 Å². The summed E-state index contributed by atoms with van der Waals surface area (Å²) < 4.78 is 11.2. The molecule has 1 fully saturated rings. The maximum Gasteiger partial charge on any atom is 0.191 e. The van der Waals surface area contributed by atoms with Crippen molar-refractivity contribution >= 4 is 29.9 Å². The van der Waals surface area contributed by atoms with E-state index in [9.17, 15) is 0 Å². The van der Waals surface area contributed by atoms with Crippen LogP contribution >= 0.6 is 24.0 Å². The van der Waals surface area contributed by atoms with Gasteiger partial charge in [0, 0.05) is 45.3 Å². The fraction of sp³-hybridized carbons (Fsp3) is 0.682. The van der Waals surface area contributed by atoms with Gasteiger partial charge in [-0.2, -0.15) is 0 Å². The van der Waals surface area contributed by atoms with Crippen molar-refractivity contribution in [3.63, 3.8) is 0 Å². The van der Waals surface area contributed by atoms with E-state index >= 15 is 0 Å². The highest BCUT2D eigenvalue weighted by atomic mass is 127. The van der Waals surface area contributed by atoms with Crippen molar-refractivity contribution in [3.8, 4) is 11.5 Å². The maximum atomic E-state index is 5.95. The molecule has 0 radical (unpaired) electrons. The summed E-state index contributed by atoms with van der Waals surface area (Å²) in [6.07, 6.45) is 2.34. The zero-order valence-electron chi connectivity index (χ0n) is 19.0. The van der Waals surface area contributed by atoms with E-state index in [1.54, 1.807) is 7.11 Å². The molecule has 0 aromatic heterocycles. The van der Waals surface area contributed by atoms with E-state index < -0.39 is 0 Å². The number of aliphatic imine (C=N–C) groups is 1. The van der Waals surface area contributed by atoms with Crippen LogP contribution in [0, 0.1) is 0 Å². The average Bonchev–Trinajstić information content (AvgIpc) is 2.73. The Hall–Kier alpha value is -1.26. The Balaban J connectivity index is 0.00000450. The van der Waals surface area contributed by atoms with E-state index in [0.717, 1.165) is 37.0 Å². The number of halogens is 1. The van der Waals surface area contributed by atoms with Crippen molar-refractivity contribution < 1.29 is 9.47 Å². The molecule has 1 aromatic carbocycles. The molecule has 1 aliphatic rings. The van der Waals surface area contributed by atoms with Gasteiger partial charge in [0.1, 0.15) is 17.6 Å². The molecule has 0 saturated carbocycles. The minimum absolute atomic E-state index is 0. The zero-order chi connectivity index (χ0) is 20.9. The van der Waals surface area contributed by atoms with Crippen molar-refractivity contribution in [1.82, 2.24) is 20.4 Å². The summed E-state index contributed by atoms with van der Waals surface area (Å²) >= 11 is 0. The van der Waals surface area contributed by atoms with Crippen LogP contribution in [0.25, 0.3) is 0 Å². The van der Waals surface area contributed by atoms with E-state index in [4.69, 9.17) is 9.47 Å². The van der Waals surface area contributed by atoms with Crippen molar-refractivity contribution in [2.24, 2.45) is 4.99 Å². The standard InChI is InChI=1S/C22H39N5O2.HI/c1-5-23-22(24-11-6-7-12-27-15-13-26(3)14-16-27)25-18-19(2)29-21-10-8-9-20(17-21)28-4;/h8-10,17,19H,5-7,11-16,18H2,1-4H3,(H2,23,24,25);1H. The molecule has 2 rings (SSSR count). The van der Waals surface area contributed by atoms with Crippen molar-refractivity contribution in [1.29, 1.82) is 0 Å². The number of guanidine groups is 1. The highest BCUT2D eigenvalue weighted by Crippen LogP contribution is 2.19. The third-order valence-electron chi connectivity index (χ3n) is 5.02. The highest BCUT2D eigenvalue weighted by Gasteiger charge is 2.12. The molecular weight excluding hydrogens is 493 g/mol. The Morgan fingerprint density at radius 2 is 1.87 bits per heavy atom. The van der Waals surface area contributed by atoms with Crippen LogP contribution in [0.3, 0.4) is 0 Å². The third-order valence-corrected chi connectivity index (χ3v) is 5.02. The first-order chi connectivity index (χ1) is 14.1. The van der Waals surface area contributed by atoms with Crippen LogP contribution in [0.4, 0.5) is 0 Å². The Kier molecular flexibility index (Phi) is 13.9. The molecule has 0 aliphatic carbocycles. The molecule has 1 aliphatic heterocycles. The van der Waals surface area contributed by atoms with Gasteiger partial charge in [0.15, 0.2) is 5.96 Å². The minimum Gasteiger partial charge on any atom is -0.497 e. The van der Waals surface area contributed by atoms with Gasteiger partial charge in [-0.15, -0.1) is 24.0 Å². The van der Waals surface area contributed by atoms with Gasteiger partial charge in [0.05, 0.1) is 13.7 Å². The van der Waals surface area contributed by atoms with Crippen LogP contribution in [0.5, 0.6) is 11.5 Å². The minimum atomic E-state index is -0.0187. The molecule has 0 spiro atoms. The van der Waals surface area contributed by atoms with E-state index in [2.05, 4.69) is 39.4 Å². The molecule has 1 unspecified atom stereocenters. The lowest BCUT2D eigenvalue weighted by atomic mass is 10.2. The van der Waals surface area contributed by atoms with Crippen LogP contribution in [0.2, 0.25) is 0 Å².